The van der Waals surface area contributed by atoms with Crippen LogP contribution in [0.3, 0.4) is 0 Å². The molecule has 0 spiro atoms. The van der Waals surface area contributed by atoms with Gasteiger partial charge in [-0.05, 0) is 23.8 Å². The molecule has 0 bridgehead atoms. The van der Waals surface area contributed by atoms with Gasteiger partial charge < -0.3 is 9.84 Å². The molecule has 2 aromatic rings. The van der Waals surface area contributed by atoms with Gasteiger partial charge in [-0.2, -0.15) is 10.2 Å². The van der Waals surface area contributed by atoms with Gasteiger partial charge in [0.1, 0.15) is 0 Å². The van der Waals surface area contributed by atoms with Crippen LogP contribution in [0.15, 0.2) is 34.9 Å². The van der Waals surface area contributed by atoms with Crippen molar-refractivity contribution < 1.29 is 9.32 Å². The fourth-order valence-corrected chi connectivity index (χ4v) is 1.52. The quantitative estimate of drug-likeness (QED) is 0.850. The van der Waals surface area contributed by atoms with Crippen LogP contribution in [0.2, 0.25) is 0 Å². The number of benzene rings is 1. The van der Waals surface area contributed by atoms with Gasteiger partial charge in [0.2, 0.25) is 11.8 Å². The Morgan fingerprint density at radius 3 is 3.10 bits per heavy atom. The van der Waals surface area contributed by atoms with Crippen molar-refractivity contribution in [3.8, 4) is 6.07 Å². The van der Waals surface area contributed by atoms with Crippen molar-refractivity contribution >= 4 is 12.0 Å². The number of amides is 1. The first kappa shape index (κ1) is 13.5. The van der Waals surface area contributed by atoms with Crippen LogP contribution in [0.5, 0.6) is 0 Å². The summed E-state index contributed by atoms with van der Waals surface area (Å²) in [4.78, 5) is 15.6. The number of hydrogen-bond donors (Lipinski definition) is 1. The minimum Gasteiger partial charge on any atom is -0.345 e. The molecule has 1 aromatic heterocycles. The van der Waals surface area contributed by atoms with Crippen LogP contribution in [0.25, 0.3) is 6.08 Å². The Bertz CT molecular complexity index is 682. The SMILES string of the molecule is Cc1nc(CNC(=O)/C=C\c2cccc(C#N)c2)no1. The average Bonchev–Trinajstić information content (AvgIpc) is 2.89. The van der Waals surface area contributed by atoms with Crippen molar-refractivity contribution in [1.29, 1.82) is 5.26 Å². The summed E-state index contributed by atoms with van der Waals surface area (Å²) in [5.74, 6) is 0.614. The van der Waals surface area contributed by atoms with Gasteiger partial charge in [0, 0.05) is 13.0 Å². The second-order valence-electron chi connectivity index (χ2n) is 4.02. The molecule has 0 aliphatic carbocycles. The molecule has 1 amide bonds. The lowest BCUT2D eigenvalue weighted by molar-refractivity contribution is -0.116. The topological polar surface area (TPSA) is 91.8 Å². The standard InChI is InChI=1S/C14H12N4O2/c1-10-17-13(18-20-10)9-16-14(19)6-5-11-3-2-4-12(7-11)8-15/h2-7H,9H2,1H3,(H,16,19)/b6-5-. The van der Waals surface area contributed by atoms with E-state index in [0.29, 0.717) is 17.3 Å². The van der Waals surface area contributed by atoms with E-state index in [9.17, 15) is 4.79 Å². The second-order valence-corrected chi connectivity index (χ2v) is 4.02. The number of nitriles is 1. The molecule has 0 radical (unpaired) electrons. The van der Waals surface area contributed by atoms with Crippen molar-refractivity contribution in [3.05, 3.63) is 53.2 Å². The van der Waals surface area contributed by atoms with Crippen molar-refractivity contribution in [3.63, 3.8) is 0 Å². The Morgan fingerprint density at radius 2 is 2.40 bits per heavy atom. The van der Waals surface area contributed by atoms with E-state index in [2.05, 4.69) is 15.5 Å². The van der Waals surface area contributed by atoms with Crippen molar-refractivity contribution in [2.75, 3.05) is 0 Å². The van der Waals surface area contributed by atoms with Crippen LogP contribution in [0, 0.1) is 18.3 Å². The van der Waals surface area contributed by atoms with Crippen LogP contribution in [0.4, 0.5) is 0 Å². The Hall–Kier alpha value is -2.94. The number of carbonyl (C=O) groups excluding carboxylic acids is 1. The molecule has 0 aliphatic heterocycles. The zero-order valence-electron chi connectivity index (χ0n) is 10.8. The molecule has 0 saturated carbocycles. The van der Waals surface area contributed by atoms with Gasteiger partial charge in [-0.3, -0.25) is 4.79 Å². The summed E-state index contributed by atoms with van der Waals surface area (Å²) in [6.45, 7) is 1.89. The summed E-state index contributed by atoms with van der Waals surface area (Å²) in [7, 11) is 0. The Kier molecular flexibility index (Phi) is 4.24. The van der Waals surface area contributed by atoms with E-state index in [1.54, 1.807) is 31.2 Å². The maximum atomic E-state index is 11.6. The third kappa shape index (κ3) is 3.78. The predicted molar refractivity (Wildman–Crippen MR) is 71.1 cm³/mol. The molecule has 100 valence electrons. The van der Waals surface area contributed by atoms with Gasteiger partial charge in [0.05, 0.1) is 18.2 Å². The van der Waals surface area contributed by atoms with Gasteiger partial charge in [-0.1, -0.05) is 17.3 Å². The summed E-state index contributed by atoms with van der Waals surface area (Å²) in [5, 5.41) is 15.1. The molecule has 0 aliphatic rings. The Morgan fingerprint density at radius 1 is 1.55 bits per heavy atom. The summed E-state index contributed by atoms with van der Waals surface area (Å²) in [6, 6.07) is 9.02. The minimum absolute atomic E-state index is 0.207. The fraction of sp³-hybridized carbons (Fsp3) is 0.143. The van der Waals surface area contributed by atoms with Crippen molar-refractivity contribution in [2.45, 2.75) is 13.5 Å². The zero-order valence-corrected chi connectivity index (χ0v) is 10.8. The van der Waals surface area contributed by atoms with Crippen LogP contribution in [-0.2, 0) is 11.3 Å². The first-order chi connectivity index (χ1) is 9.67. The third-order valence-corrected chi connectivity index (χ3v) is 2.43. The number of aromatic nitrogens is 2. The molecule has 1 heterocycles. The highest BCUT2D eigenvalue weighted by Gasteiger charge is 2.03. The van der Waals surface area contributed by atoms with Crippen molar-refractivity contribution in [1.82, 2.24) is 15.5 Å². The van der Waals surface area contributed by atoms with Crippen LogP contribution in [0.1, 0.15) is 22.8 Å². The average molecular weight is 268 g/mol. The van der Waals surface area contributed by atoms with Gasteiger partial charge in [0.25, 0.3) is 0 Å². The summed E-state index contributed by atoms with van der Waals surface area (Å²) < 4.78 is 4.79. The summed E-state index contributed by atoms with van der Waals surface area (Å²) in [6.07, 6.45) is 3.03. The maximum Gasteiger partial charge on any atom is 0.244 e. The largest absolute Gasteiger partial charge is 0.345 e. The van der Waals surface area contributed by atoms with E-state index in [1.807, 2.05) is 12.1 Å². The number of nitrogens with zero attached hydrogens (tertiary/aromatic N) is 3. The molecule has 20 heavy (non-hydrogen) atoms. The Balaban J connectivity index is 1.90. The lowest BCUT2D eigenvalue weighted by Crippen LogP contribution is -2.20. The lowest BCUT2D eigenvalue weighted by atomic mass is 10.1. The minimum atomic E-state index is -0.269. The zero-order chi connectivity index (χ0) is 14.4. The first-order valence-electron chi connectivity index (χ1n) is 5.92. The van der Waals surface area contributed by atoms with Gasteiger partial charge >= 0.3 is 0 Å². The molecule has 0 unspecified atom stereocenters. The number of nitrogens with one attached hydrogen (secondary N) is 1. The molecule has 1 aromatic carbocycles. The van der Waals surface area contributed by atoms with Crippen LogP contribution in [-0.4, -0.2) is 16.0 Å². The summed E-state index contributed by atoms with van der Waals surface area (Å²) in [5.41, 5.74) is 1.34. The Labute approximate surface area is 115 Å². The summed E-state index contributed by atoms with van der Waals surface area (Å²) >= 11 is 0. The van der Waals surface area contributed by atoms with Gasteiger partial charge in [-0.25, -0.2) is 0 Å². The monoisotopic (exact) mass is 268 g/mol. The molecular weight excluding hydrogens is 256 g/mol. The highest BCUT2D eigenvalue weighted by molar-refractivity contribution is 5.91. The normalized spacial score (nSPS) is 10.4. The molecule has 0 fully saturated rings. The molecule has 2 rings (SSSR count). The van der Waals surface area contributed by atoms with E-state index in [0.717, 1.165) is 5.56 Å². The maximum absolute atomic E-state index is 11.6. The van der Waals surface area contributed by atoms with E-state index in [-0.39, 0.29) is 12.5 Å². The molecule has 0 atom stereocenters. The lowest BCUT2D eigenvalue weighted by Gasteiger charge is -1.97. The van der Waals surface area contributed by atoms with Gasteiger partial charge in [-0.15, -0.1) is 0 Å². The van der Waals surface area contributed by atoms with E-state index in [4.69, 9.17) is 9.78 Å². The van der Waals surface area contributed by atoms with Crippen LogP contribution < -0.4 is 5.32 Å². The molecule has 1 N–H and O–H groups in total. The molecule has 6 heteroatoms. The number of hydrogen-bond acceptors (Lipinski definition) is 5. The van der Waals surface area contributed by atoms with Crippen LogP contribution >= 0.6 is 0 Å². The third-order valence-electron chi connectivity index (χ3n) is 2.43. The van der Waals surface area contributed by atoms with E-state index in [1.165, 1.54) is 6.08 Å². The number of carbonyl (C=O) groups is 1. The highest BCUT2D eigenvalue weighted by atomic mass is 16.5. The van der Waals surface area contributed by atoms with E-state index < -0.39 is 0 Å². The number of rotatable bonds is 4. The number of aryl methyl sites for hydroxylation is 1. The van der Waals surface area contributed by atoms with Crippen molar-refractivity contribution in [2.24, 2.45) is 0 Å². The molecule has 6 nitrogen and oxygen atoms in total. The molecular formula is C14H12N4O2. The first-order valence-corrected chi connectivity index (χ1v) is 5.92. The fourth-order valence-electron chi connectivity index (χ4n) is 1.52. The highest BCUT2D eigenvalue weighted by Crippen LogP contribution is 2.05. The van der Waals surface area contributed by atoms with Gasteiger partial charge in [0.15, 0.2) is 5.82 Å². The second kappa shape index (κ2) is 6.29. The smallest absolute Gasteiger partial charge is 0.244 e. The molecule has 0 saturated heterocycles. The predicted octanol–water partition coefficient (Wildman–Crippen LogP) is 1.58. The van der Waals surface area contributed by atoms with E-state index >= 15 is 0 Å².